The minimum atomic E-state index is -3.63. The predicted molar refractivity (Wildman–Crippen MR) is 72.5 cm³/mol. The molecule has 1 aromatic carbocycles. The second kappa shape index (κ2) is 4.80. The first kappa shape index (κ1) is 13.8. The summed E-state index contributed by atoms with van der Waals surface area (Å²) in [6.45, 7) is 0.0478. The third kappa shape index (κ3) is 2.85. The average Bonchev–Trinajstić information content (AvgIpc) is 2.23. The number of nitrogens with two attached hydrogens (primary N) is 1. The van der Waals surface area contributed by atoms with Crippen LogP contribution in [0.25, 0.3) is 0 Å². The Morgan fingerprint density at radius 1 is 1.44 bits per heavy atom. The minimum Gasteiger partial charge on any atom is -0.399 e. The summed E-state index contributed by atoms with van der Waals surface area (Å²) in [5.74, 6) is 0. The van der Waals surface area contributed by atoms with Crippen molar-refractivity contribution in [3.63, 3.8) is 0 Å². The Morgan fingerprint density at radius 3 is 2.61 bits per heavy atom. The lowest BCUT2D eigenvalue weighted by atomic mass is 9.81. The summed E-state index contributed by atoms with van der Waals surface area (Å²) in [5, 5.41) is 9.87. The predicted octanol–water partition coefficient (Wildman–Crippen LogP) is 1.22. The summed E-state index contributed by atoms with van der Waals surface area (Å²) in [6.07, 6.45) is 2.21. The van der Waals surface area contributed by atoms with Gasteiger partial charge in [0, 0.05) is 16.7 Å². The second-order valence-corrected chi connectivity index (χ2v) is 7.18. The molecule has 0 heterocycles. The number of nitrogen functional groups attached to an aromatic ring is 1. The van der Waals surface area contributed by atoms with Crippen LogP contribution in [0.3, 0.4) is 0 Å². The smallest absolute Gasteiger partial charge is 0.241 e. The highest BCUT2D eigenvalue weighted by Gasteiger charge is 2.35. The van der Waals surface area contributed by atoms with Crippen molar-refractivity contribution in [1.82, 2.24) is 4.72 Å². The maximum absolute atomic E-state index is 12.1. The molecule has 0 unspecified atom stereocenters. The van der Waals surface area contributed by atoms with E-state index in [1.165, 1.54) is 18.2 Å². The number of aliphatic hydroxyl groups is 1. The molecule has 5 nitrogen and oxygen atoms in total. The molecule has 0 amide bonds. The van der Waals surface area contributed by atoms with E-state index in [1.807, 2.05) is 0 Å². The van der Waals surface area contributed by atoms with Gasteiger partial charge in [0.05, 0.1) is 10.5 Å². The number of halogens is 1. The molecular formula is C11H15BrN2O3S. The number of rotatable bonds is 4. The van der Waals surface area contributed by atoms with Crippen molar-refractivity contribution in [1.29, 1.82) is 0 Å². The van der Waals surface area contributed by atoms with Crippen LogP contribution in [0.15, 0.2) is 27.6 Å². The van der Waals surface area contributed by atoms with Gasteiger partial charge in [0.1, 0.15) is 0 Å². The Balaban J connectivity index is 2.15. The summed E-state index contributed by atoms with van der Waals surface area (Å²) < 4.78 is 27.0. The first-order valence-electron chi connectivity index (χ1n) is 5.60. The van der Waals surface area contributed by atoms with Gasteiger partial charge in [0.2, 0.25) is 10.0 Å². The maximum Gasteiger partial charge on any atom is 0.241 e. The van der Waals surface area contributed by atoms with Gasteiger partial charge in [-0.3, -0.25) is 0 Å². The number of benzene rings is 1. The molecule has 0 atom stereocenters. The maximum atomic E-state index is 12.1. The van der Waals surface area contributed by atoms with Gasteiger partial charge < -0.3 is 10.8 Å². The first-order chi connectivity index (χ1) is 8.32. The van der Waals surface area contributed by atoms with E-state index in [2.05, 4.69) is 20.7 Å². The van der Waals surface area contributed by atoms with Crippen molar-refractivity contribution in [2.45, 2.75) is 29.8 Å². The van der Waals surface area contributed by atoms with Gasteiger partial charge in [0.15, 0.2) is 0 Å². The molecule has 0 radical (unpaired) electrons. The normalized spacial score (nSPS) is 18.3. The fourth-order valence-corrected chi connectivity index (χ4v) is 4.02. The lowest BCUT2D eigenvalue weighted by molar-refractivity contribution is -0.0270. The zero-order valence-corrected chi connectivity index (χ0v) is 12.1. The monoisotopic (exact) mass is 334 g/mol. The standard InChI is InChI=1S/C11H15BrN2O3S/c12-9-6-8(13)2-3-10(9)18(16,17)14-7-11(15)4-1-5-11/h2-3,6,14-15H,1,4-5,7,13H2. The van der Waals surface area contributed by atoms with Gasteiger partial charge in [-0.25, -0.2) is 13.1 Å². The number of nitrogens with one attached hydrogen (secondary N) is 1. The van der Waals surface area contributed by atoms with Crippen LogP contribution in [-0.4, -0.2) is 25.7 Å². The van der Waals surface area contributed by atoms with Crippen LogP contribution >= 0.6 is 15.9 Å². The van der Waals surface area contributed by atoms with Crippen LogP contribution in [0, 0.1) is 0 Å². The highest BCUT2D eigenvalue weighted by atomic mass is 79.9. The van der Waals surface area contributed by atoms with E-state index in [0.29, 0.717) is 23.0 Å². The van der Waals surface area contributed by atoms with E-state index in [1.54, 1.807) is 0 Å². The molecule has 2 rings (SSSR count). The number of hydrogen-bond acceptors (Lipinski definition) is 4. The van der Waals surface area contributed by atoms with Gasteiger partial charge >= 0.3 is 0 Å². The van der Waals surface area contributed by atoms with Crippen LogP contribution in [0.1, 0.15) is 19.3 Å². The second-order valence-electron chi connectivity index (χ2n) is 4.59. The van der Waals surface area contributed by atoms with Crippen molar-refractivity contribution in [3.8, 4) is 0 Å². The van der Waals surface area contributed by atoms with E-state index in [0.717, 1.165) is 6.42 Å². The average molecular weight is 335 g/mol. The lowest BCUT2D eigenvalue weighted by Crippen LogP contribution is -2.47. The molecule has 7 heteroatoms. The molecule has 1 saturated carbocycles. The Morgan fingerprint density at radius 2 is 2.11 bits per heavy atom. The molecule has 1 aliphatic rings. The Bertz CT molecular complexity index is 555. The zero-order valence-electron chi connectivity index (χ0n) is 9.69. The van der Waals surface area contributed by atoms with Gasteiger partial charge in [0.25, 0.3) is 0 Å². The van der Waals surface area contributed by atoms with Crippen molar-refractivity contribution in [2.24, 2.45) is 0 Å². The third-order valence-electron chi connectivity index (χ3n) is 3.12. The summed E-state index contributed by atoms with van der Waals surface area (Å²) in [5.41, 5.74) is 5.16. The minimum absolute atomic E-state index is 0.0478. The van der Waals surface area contributed by atoms with Crippen LogP contribution < -0.4 is 10.5 Å². The molecule has 0 aliphatic heterocycles. The van der Waals surface area contributed by atoms with E-state index in [9.17, 15) is 13.5 Å². The van der Waals surface area contributed by atoms with E-state index < -0.39 is 15.6 Å². The largest absolute Gasteiger partial charge is 0.399 e. The molecule has 1 aromatic rings. The number of hydrogen-bond donors (Lipinski definition) is 3. The Hall–Kier alpha value is -0.630. The quantitative estimate of drug-likeness (QED) is 0.722. The molecule has 0 saturated heterocycles. The molecule has 0 bridgehead atoms. The summed E-state index contributed by atoms with van der Waals surface area (Å²) in [7, 11) is -3.63. The van der Waals surface area contributed by atoms with Crippen LogP contribution in [0.2, 0.25) is 0 Å². The number of sulfonamides is 1. The molecule has 1 fully saturated rings. The van der Waals surface area contributed by atoms with Crippen LogP contribution in [-0.2, 0) is 10.0 Å². The molecule has 1 aliphatic carbocycles. The lowest BCUT2D eigenvalue weighted by Gasteiger charge is -2.36. The Labute approximate surface area is 115 Å². The zero-order chi connectivity index (χ0) is 13.4. The van der Waals surface area contributed by atoms with Crippen molar-refractivity contribution in [3.05, 3.63) is 22.7 Å². The van der Waals surface area contributed by atoms with E-state index >= 15 is 0 Å². The molecule has 4 N–H and O–H groups in total. The highest BCUT2D eigenvalue weighted by Crippen LogP contribution is 2.31. The molecule has 0 spiro atoms. The topological polar surface area (TPSA) is 92.4 Å². The first-order valence-corrected chi connectivity index (χ1v) is 7.87. The third-order valence-corrected chi connectivity index (χ3v) is 5.50. The van der Waals surface area contributed by atoms with Gasteiger partial charge in [-0.05, 0) is 53.4 Å². The number of anilines is 1. The van der Waals surface area contributed by atoms with Gasteiger partial charge in [-0.2, -0.15) is 0 Å². The van der Waals surface area contributed by atoms with Gasteiger partial charge in [-0.1, -0.05) is 0 Å². The van der Waals surface area contributed by atoms with E-state index in [4.69, 9.17) is 5.73 Å². The van der Waals surface area contributed by atoms with Crippen molar-refractivity contribution >= 4 is 31.6 Å². The van der Waals surface area contributed by atoms with E-state index in [-0.39, 0.29) is 11.4 Å². The molecule has 0 aromatic heterocycles. The summed E-state index contributed by atoms with van der Waals surface area (Å²) >= 11 is 3.17. The highest BCUT2D eigenvalue weighted by molar-refractivity contribution is 9.10. The molecule has 100 valence electrons. The van der Waals surface area contributed by atoms with Crippen LogP contribution in [0.4, 0.5) is 5.69 Å². The fraction of sp³-hybridized carbons (Fsp3) is 0.455. The Kier molecular flexibility index (Phi) is 3.68. The van der Waals surface area contributed by atoms with Crippen LogP contribution in [0.5, 0.6) is 0 Å². The van der Waals surface area contributed by atoms with Crippen molar-refractivity contribution in [2.75, 3.05) is 12.3 Å². The fourth-order valence-electron chi connectivity index (χ4n) is 1.80. The van der Waals surface area contributed by atoms with Crippen molar-refractivity contribution < 1.29 is 13.5 Å². The summed E-state index contributed by atoms with van der Waals surface area (Å²) in [6, 6.07) is 4.50. The molecular weight excluding hydrogens is 320 g/mol. The SMILES string of the molecule is Nc1ccc(S(=O)(=O)NCC2(O)CCC2)c(Br)c1. The summed E-state index contributed by atoms with van der Waals surface area (Å²) in [4.78, 5) is 0.125. The molecule has 18 heavy (non-hydrogen) atoms. The van der Waals surface area contributed by atoms with Gasteiger partial charge in [-0.15, -0.1) is 0 Å².